The van der Waals surface area contributed by atoms with Crippen molar-refractivity contribution in [3.05, 3.63) is 191 Å². The fourth-order valence-corrected chi connectivity index (χ4v) is 19.1. The lowest BCUT2D eigenvalue weighted by molar-refractivity contribution is -0.133. The number of rotatable bonds is 35. The van der Waals surface area contributed by atoms with E-state index in [-0.39, 0.29) is 50.7 Å². The summed E-state index contributed by atoms with van der Waals surface area (Å²) in [4.78, 5) is 63.0. The minimum absolute atomic E-state index is 0.0573. The Kier molecular flexibility index (Phi) is 26.6. The lowest BCUT2D eigenvalue weighted by Crippen LogP contribution is -2.51. The number of hydrogen-bond donors (Lipinski definition) is 3. The number of piperazine rings is 2. The summed E-state index contributed by atoms with van der Waals surface area (Å²) in [6.45, 7) is 17.2. The molecule has 4 amide bonds. The largest absolute Gasteiger partial charge is 0.380 e. The number of aryl methyl sites for hydroxylation is 2. The molecule has 0 radical (unpaired) electrons. The summed E-state index contributed by atoms with van der Waals surface area (Å²) in [5.41, 5.74) is 7.39. The molecule has 0 aliphatic carbocycles. The Balaban J connectivity index is 0.567. The maximum atomic E-state index is 15.9. The van der Waals surface area contributed by atoms with Crippen LogP contribution in [-0.4, -0.2) is 205 Å². The molecular formula is C80H94ClFN12O13S4. The number of fused-ring (bicyclic) bond motifs is 1. The van der Waals surface area contributed by atoms with Crippen LogP contribution < -0.4 is 25.2 Å². The van der Waals surface area contributed by atoms with Crippen molar-refractivity contribution in [1.29, 1.82) is 0 Å². The van der Waals surface area contributed by atoms with Gasteiger partial charge in [0.2, 0.25) is 11.8 Å². The molecule has 2 atom stereocenters. The molecule has 6 heterocycles. The first-order chi connectivity index (χ1) is 53.2. The Hall–Kier alpha value is -8.98. The van der Waals surface area contributed by atoms with E-state index < -0.39 is 59.3 Å². The van der Waals surface area contributed by atoms with Gasteiger partial charge >= 0.3 is 0 Å². The second-order valence-corrected chi connectivity index (χ2v) is 35.7. The maximum absolute atomic E-state index is 15.9. The molecule has 590 valence electrons. The van der Waals surface area contributed by atoms with E-state index in [1.54, 1.807) is 78.1 Å². The summed E-state index contributed by atoms with van der Waals surface area (Å²) in [6, 6.07) is 36.7. The monoisotopic (exact) mass is 1610 g/mol. The minimum atomic E-state index is -4.30. The van der Waals surface area contributed by atoms with E-state index >= 15 is 4.39 Å². The number of benzene rings is 6. The standard InChI is InChI=1S/C80H94ClFN12O13S4/c1-54(2)93-56(4)77(110(6,101)102)75(76(93)58-20-22-60(81)23-21-58)59-47-61(82)49-66(48-59)90-40-38-89(39-41-90)65-26-24-62(25-27-65)86-111(103,104)68-28-29-70(72(50-68)109(5,99)100)84-63(53-108-67-15-8-7-9-16-67)31-33-88-34-36-91(37-35-88)73(95)18-11-32-92-51-64(85-87-92)52-107-46-45-106-44-43-105-42-12-14-57-13-10-17-69-74(57)80(98)94(79(69)97)71-30-19-55(3)83-78(71)96/h7-10,13,15-17,20-29,47-51,54,63,71,84,86H,3,11-12,14,18-19,30-46,52-53H2,1-2,4-6H3,(H,83,96)/t63-,71?/m1/s1. The van der Waals surface area contributed by atoms with E-state index in [1.807, 2.05) is 77.9 Å². The summed E-state index contributed by atoms with van der Waals surface area (Å²) < 4.78 is 122. The second kappa shape index (κ2) is 36.2. The van der Waals surface area contributed by atoms with Crippen LogP contribution in [0.4, 0.5) is 27.1 Å². The summed E-state index contributed by atoms with van der Waals surface area (Å²) in [5, 5.41) is 15.1. The molecule has 2 aromatic heterocycles. The molecule has 12 rings (SSSR count). The number of anilines is 4. The maximum Gasteiger partial charge on any atom is 0.262 e. The second-order valence-electron chi connectivity index (χ2n) is 28.5. The number of carbonyl (C=O) groups excluding carboxylic acids is 4. The highest BCUT2D eigenvalue weighted by Crippen LogP contribution is 2.45. The summed E-state index contributed by atoms with van der Waals surface area (Å²) in [7, 11) is -12.1. The van der Waals surface area contributed by atoms with E-state index in [0.29, 0.717) is 205 Å². The highest BCUT2D eigenvalue weighted by molar-refractivity contribution is 7.99. The molecule has 4 aliphatic rings. The molecule has 0 bridgehead atoms. The number of amides is 4. The predicted molar refractivity (Wildman–Crippen MR) is 428 cm³/mol. The van der Waals surface area contributed by atoms with Gasteiger partial charge in [0, 0.05) is 153 Å². The van der Waals surface area contributed by atoms with Gasteiger partial charge in [0.1, 0.15) is 17.6 Å². The Morgan fingerprint density at radius 3 is 2.11 bits per heavy atom. The molecule has 0 saturated carbocycles. The Labute approximate surface area is 657 Å². The van der Waals surface area contributed by atoms with Crippen molar-refractivity contribution in [3.63, 3.8) is 0 Å². The number of piperidine rings is 1. The van der Waals surface area contributed by atoms with Gasteiger partial charge in [-0.1, -0.05) is 65.9 Å². The summed E-state index contributed by atoms with van der Waals surface area (Å²) >= 11 is 7.92. The first-order valence-corrected chi connectivity index (χ1v) is 43.8. The topological polar surface area (TPSA) is 286 Å². The average molecular weight is 1610 g/mol. The minimum Gasteiger partial charge on any atom is -0.380 e. The van der Waals surface area contributed by atoms with Crippen LogP contribution in [0.3, 0.4) is 0 Å². The smallest absolute Gasteiger partial charge is 0.262 e. The molecule has 31 heteroatoms. The number of sulfone groups is 2. The number of carbonyl (C=O) groups is 4. The summed E-state index contributed by atoms with van der Waals surface area (Å²) in [5.74, 6) is -1.19. The molecule has 111 heavy (non-hydrogen) atoms. The van der Waals surface area contributed by atoms with Crippen LogP contribution in [0.5, 0.6) is 0 Å². The number of halogens is 2. The van der Waals surface area contributed by atoms with Gasteiger partial charge in [0.05, 0.1) is 76.4 Å². The van der Waals surface area contributed by atoms with Gasteiger partial charge < -0.3 is 44.1 Å². The molecule has 8 aromatic rings. The average Bonchev–Trinajstić information content (AvgIpc) is 1.59. The first kappa shape index (κ1) is 81.5. The molecule has 25 nitrogen and oxygen atoms in total. The quantitative estimate of drug-likeness (QED) is 0.0189. The molecular weight excluding hydrogens is 1520 g/mol. The zero-order valence-corrected chi connectivity index (χ0v) is 66.9. The van der Waals surface area contributed by atoms with E-state index in [9.17, 15) is 44.4 Å². The molecule has 3 N–H and O–H groups in total. The number of hydrogen-bond acceptors (Lipinski definition) is 20. The number of thioether (sulfide) groups is 1. The highest BCUT2D eigenvalue weighted by Gasteiger charge is 2.45. The lowest BCUT2D eigenvalue weighted by Gasteiger charge is -2.37. The zero-order chi connectivity index (χ0) is 78.7. The Morgan fingerprint density at radius 2 is 1.42 bits per heavy atom. The van der Waals surface area contributed by atoms with Crippen molar-refractivity contribution in [2.45, 2.75) is 117 Å². The Bertz CT molecular complexity index is 5060. The van der Waals surface area contributed by atoms with Crippen molar-refractivity contribution in [2.24, 2.45) is 0 Å². The number of nitrogens with zero attached hydrogens (tertiary/aromatic N) is 9. The highest BCUT2D eigenvalue weighted by atomic mass is 35.5. The SMILES string of the molecule is C=C1CCC(N2C(=O)c3cccc(CCCOCCOCCOCc4cn(CCCC(=O)N5CCN(CC[C@H](CSc6ccccc6)Nc6ccc(S(=O)(=O)Nc7ccc(N8CCN(c9cc(F)cc(-c%10c(S(C)(=O)=O)c(C)n(C(C)C)c%10-c%10ccc(Cl)cc%10)c9)CC8)cc7)cc6S(C)(=O)=O)CC5)nn4)c3C2=O)C(=O)N1. The zero-order valence-electron chi connectivity index (χ0n) is 62.9. The van der Waals surface area contributed by atoms with Crippen LogP contribution in [0.15, 0.2) is 172 Å². The molecule has 1 unspecified atom stereocenters. The molecule has 0 spiro atoms. The molecule has 4 aliphatic heterocycles. The van der Waals surface area contributed by atoms with Crippen LogP contribution in [0.1, 0.15) is 96.1 Å². The van der Waals surface area contributed by atoms with Crippen LogP contribution in [-0.2, 0) is 73.1 Å². The van der Waals surface area contributed by atoms with Gasteiger partial charge in [-0.15, -0.1) is 16.9 Å². The van der Waals surface area contributed by atoms with E-state index in [0.717, 1.165) is 32.9 Å². The fraction of sp³-hybridized carbons (Fsp3) is 0.400. The number of sulfonamides is 1. The summed E-state index contributed by atoms with van der Waals surface area (Å²) in [6.07, 6.45) is 7.54. The first-order valence-electron chi connectivity index (χ1n) is 37.2. The number of allylic oxidation sites excluding steroid dienone is 1. The number of ether oxygens (including phenoxy) is 3. The van der Waals surface area contributed by atoms with Crippen molar-refractivity contribution in [1.82, 2.24) is 39.6 Å². The third-order valence-corrected chi connectivity index (χ3v) is 25.4. The van der Waals surface area contributed by atoms with Gasteiger partial charge in [-0.05, 0) is 167 Å². The molecule has 3 saturated heterocycles. The van der Waals surface area contributed by atoms with Crippen LogP contribution in [0.25, 0.3) is 22.4 Å². The van der Waals surface area contributed by atoms with Gasteiger partial charge in [-0.25, -0.2) is 29.6 Å². The third kappa shape index (κ3) is 20.3. The van der Waals surface area contributed by atoms with Gasteiger partial charge in [0.25, 0.3) is 21.8 Å². The van der Waals surface area contributed by atoms with E-state index in [2.05, 4.69) is 46.9 Å². The van der Waals surface area contributed by atoms with Crippen LogP contribution in [0.2, 0.25) is 5.02 Å². The van der Waals surface area contributed by atoms with Gasteiger partial charge in [-0.2, -0.15) is 0 Å². The number of nitrogens with one attached hydrogen (secondary N) is 3. The third-order valence-electron chi connectivity index (χ3n) is 20.2. The van der Waals surface area contributed by atoms with Crippen LogP contribution >= 0.6 is 23.4 Å². The number of imide groups is 1. The molecule has 6 aromatic carbocycles. The van der Waals surface area contributed by atoms with Gasteiger partial charge in [-0.3, -0.25) is 38.4 Å². The van der Waals surface area contributed by atoms with Crippen molar-refractivity contribution in [3.8, 4) is 22.4 Å². The van der Waals surface area contributed by atoms with Crippen molar-refractivity contribution in [2.75, 3.05) is 130 Å². The Morgan fingerprint density at radius 1 is 0.730 bits per heavy atom. The fourth-order valence-electron chi connectivity index (χ4n) is 14.7. The predicted octanol–water partition coefficient (Wildman–Crippen LogP) is 11.2. The van der Waals surface area contributed by atoms with E-state index in [1.165, 1.54) is 36.6 Å². The van der Waals surface area contributed by atoms with Crippen LogP contribution in [0, 0.1) is 12.7 Å². The van der Waals surface area contributed by atoms with E-state index in [4.69, 9.17) is 25.8 Å². The molecule has 3 fully saturated rings. The van der Waals surface area contributed by atoms with Crippen molar-refractivity contribution < 1.29 is 63.0 Å². The van der Waals surface area contributed by atoms with Crippen molar-refractivity contribution >= 4 is 99.4 Å². The lowest BCUT2D eigenvalue weighted by atomic mass is 9.99. The normalized spacial score (nSPS) is 16.2. The van der Waals surface area contributed by atoms with Gasteiger partial charge in [0.15, 0.2) is 19.7 Å². The number of aromatic nitrogens is 4.